The monoisotopic (exact) mass is 369 g/mol. The van der Waals surface area contributed by atoms with Crippen molar-refractivity contribution in [2.75, 3.05) is 13.7 Å². The Kier molecular flexibility index (Phi) is 5.02. The van der Waals surface area contributed by atoms with Gasteiger partial charge in [0.1, 0.15) is 11.9 Å². The molecule has 3 fully saturated rings. The number of carbonyl (C=O) groups excluding carboxylic acids is 1. The van der Waals surface area contributed by atoms with Crippen molar-refractivity contribution in [2.24, 2.45) is 23.2 Å². The van der Waals surface area contributed by atoms with Gasteiger partial charge in [0, 0.05) is 24.6 Å². The van der Waals surface area contributed by atoms with Gasteiger partial charge in [-0.1, -0.05) is 37.3 Å². The molecule has 1 heterocycles. The molecule has 0 spiro atoms. The fourth-order valence-corrected chi connectivity index (χ4v) is 5.70. The SMILES string of the molecule is C=C1CCC[C@]2(C)C[C@H]3OC(=O)[C@@H](CNCc4ccccc4OC)[C@@H]3C[C@H]12. The van der Waals surface area contributed by atoms with Gasteiger partial charge in [-0.2, -0.15) is 0 Å². The Morgan fingerprint density at radius 3 is 3.00 bits per heavy atom. The van der Waals surface area contributed by atoms with Crippen LogP contribution in [0.4, 0.5) is 0 Å². The molecule has 3 aliphatic rings. The molecule has 1 aliphatic heterocycles. The molecule has 0 unspecified atom stereocenters. The van der Waals surface area contributed by atoms with Crippen molar-refractivity contribution in [3.8, 4) is 5.75 Å². The number of carbonyl (C=O) groups is 1. The van der Waals surface area contributed by atoms with Crippen molar-refractivity contribution in [1.82, 2.24) is 5.32 Å². The molecule has 27 heavy (non-hydrogen) atoms. The Morgan fingerprint density at radius 1 is 1.37 bits per heavy atom. The van der Waals surface area contributed by atoms with E-state index in [-0.39, 0.29) is 23.4 Å². The third-order valence-electron chi connectivity index (χ3n) is 7.19. The molecule has 4 heteroatoms. The highest BCUT2D eigenvalue weighted by atomic mass is 16.6. The second kappa shape index (κ2) is 7.31. The molecule has 0 radical (unpaired) electrons. The van der Waals surface area contributed by atoms with Crippen LogP contribution in [0.15, 0.2) is 36.4 Å². The second-order valence-electron chi connectivity index (χ2n) is 8.85. The smallest absolute Gasteiger partial charge is 0.310 e. The lowest BCUT2D eigenvalue weighted by Crippen LogP contribution is -2.45. The standard InChI is InChI=1S/C23H31NO3/c1-15-7-6-10-23(2)12-21-17(11-19(15)23)18(22(25)27-21)14-24-13-16-8-4-5-9-20(16)26-3/h4-5,8-9,17-19,21,24H,1,6-7,10-14H2,2-3H3/t17-,18-,19+,21+,23+/m0/s1. The zero-order chi connectivity index (χ0) is 19.0. The van der Waals surface area contributed by atoms with Gasteiger partial charge in [-0.15, -0.1) is 0 Å². The molecule has 0 aromatic heterocycles. The van der Waals surface area contributed by atoms with Crippen molar-refractivity contribution >= 4 is 5.97 Å². The number of hydrogen-bond acceptors (Lipinski definition) is 4. The van der Waals surface area contributed by atoms with Crippen molar-refractivity contribution in [1.29, 1.82) is 0 Å². The van der Waals surface area contributed by atoms with Crippen LogP contribution in [0.2, 0.25) is 0 Å². The van der Waals surface area contributed by atoms with E-state index in [1.165, 1.54) is 18.4 Å². The maximum Gasteiger partial charge on any atom is 0.310 e. The van der Waals surface area contributed by atoms with Crippen molar-refractivity contribution < 1.29 is 14.3 Å². The first-order valence-corrected chi connectivity index (χ1v) is 10.2. The van der Waals surface area contributed by atoms with E-state index >= 15 is 0 Å². The molecule has 2 aliphatic carbocycles. The largest absolute Gasteiger partial charge is 0.496 e. The van der Waals surface area contributed by atoms with E-state index in [9.17, 15) is 4.79 Å². The second-order valence-corrected chi connectivity index (χ2v) is 8.85. The summed E-state index contributed by atoms with van der Waals surface area (Å²) < 4.78 is 11.3. The Balaban J connectivity index is 1.42. The quantitative estimate of drug-likeness (QED) is 0.627. The summed E-state index contributed by atoms with van der Waals surface area (Å²) in [6, 6.07) is 8.00. The van der Waals surface area contributed by atoms with Gasteiger partial charge in [-0.3, -0.25) is 4.79 Å². The maximum absolute atomic E-state index is 12.6. The molecule has 2 saturated carbocycles. The molecule has 146 valence electrons. The molecule has 1 saturated heterocycles. The molecule has 0 bridgehead atoms. The summed E-state index contributed by atoms with van der Waals surface area (Å²) in [6.07, 6.45) is 5.73. The molecule has 4 rings (SSSR count). The maximum atomic E-state index is 12.6. The van der Waals surface area contributed by atoms with Crippen molar-refractivity contribution in [2.45, 2.75) is 51.7 Å². The molecule has 5 atom stereocenters. The predicted molar refractivity (Wildman–Crippen MR) is 105 cm³/mol. The zero-order valence-corrected chi connectivity index (χ0v) is 16.5. The lowest BCUT2D eigenvalue weighted by molar-refractivity contribution is -0.146. The summed E-state index contributed by atoms with van der Waals surface area (Å²) in [6.45, 7) is 8.10. The number of nitrogens with one attached hydrogen (secondary N) is 1. The topological polar surface area (TPSA) is 47.6 Å². The van der Waals surface area contributed by atoms with Gasteiger partial charge in [0.25, 0.3) is 0 Å². The van der Waals surface area contributed by atoms with Gasteiger partial charge >= 0.3 is 5.97 Å². The lowest BCUT2D eigenvalue weighted by atomic mass is 9.55. The third-order valence-corrected chi connectivity index (χ3v) is 7.19. The highest BCUT2D eigenvalue weighted by molar-refractivity contribution is 5.75. The molecular formula is C23H31NO3. The van der Waals surface area contributed by atoms with E-state index in [1.807, 2.05) is 18.2 Å². The Hall–Kier alpha value is -1.81. The van der Waals surface area contributed by atoms with Gasteiger partial charge in [-0.25, -0.2) is 0 Å². The van der Waals surface area contributed by atoms with Crippen LogP contribution in [-0.4, -0.2) is 25.7 Å². The van der Waals surface area contributed by atoms with Gasteiger partial charge in [0.2, 0.25) is 0 Å². The summed E-state index contributed by atoms with van der Waals surface area (Å²) in [5, 5.41) is 3.47. The molecule has 1 aromatic carbocycles. The minimum Gasteiger partial charge on any atom is -0.496 e. The van der Waals surface area contributed by atoms with E-state index in [1.54, 1.807) is 7.11 Å². The van der Waals surface area contributed by atoms with Crippen LogP contribution < -0.4 is 10.1 Å². The van der Waals surface area contributed by atoms with E-state index in [2.05, 4.69) is 24.9 Å². The number of para-hydroxylation sites is 1. The van der Waals surface area contributed by atoms with Crippen LogP contribution in [0, 0.1) is 23.2 Å². The van der Waals surface area contributed by atoms with E-state index in [0.717, 1.165) is 30.6 Å². The Labute approximate surface area is 162 Å². The van der Waals surface area contributed by atoms with Crippen LogP contribution >= 0.6 is 0 Å². The van der Waals surface area contributed by atoms with Gasteiger partial charge in [0.15, 0.2) is 0 Å². The number of rotatable bonds is 5. The summed E-state index contributed by atoms with van der Waals surface area (Å²) in [5.41, 5.74) is 2.76. The number of esters is 1. The highest BCUT2D eigenvalue weighted by Crippen LogP contribution is 2.56. The van der Waals surface area contributed by atoms with Crippen LogP contribution in [-0.2, 0) is 16.1 Å². The third kappa shape index (κ3) is 3.40. The Bertz CT molecular complexity index is 730. The molecule has 1 N–H and O–H groups in total. The normalized spacial score (nSPS) is 35.3. The Morgan fingerprint density at radius 2 is 2.19 bits per heavy atom. The number of allylic oxidation sites excluding steroid dienone is 1. The summed E-state index contributed by atoms with van der Waals surface area (Å²) in [4.78, 5) is 12.6. The number of ether oxygens (including phenoxy) is 2. The molecule has 0 amide bonds. The molecule has 4 nitrogen and oxygen atoms in total. The van der Waals surface area contributed by atoms with E-state index < -0.39 is 0 Å². The average Bonchev–Trinajstić information content (AvgIpc) is 2.94. The van der Waals surface area contributed by atoms with Gasteiger partial charge < -0.3 is 14.8 Å². The number of benzene rings is 1. The first kappa shape index (κ1) is 18.5. The lowest BCUT2D eigenvalue weighted by Gasteiger charge is -2.50. The fraction of sp³-hybridized carbons (Fsp3) is 0.609. The highest BCUT2D eigenvalue weighted by Gasteiger charge is 2.54. The van der Waals surface area contributed by atoms with Crippen LogP contribution in [0.25, 0.3) is 0 Å². The predicted octanol–water partition coefficient (Wildman–Crippen LogP) is 4.10. The number of hydrogen-bond donors (Lipinski definition) is 1. The summed E-state index contributed by atoms with van der Waals surface area (Å²) >= 11 is 0. The van der Waals surface area contributed by atoms with Gasteiger partial charge in [-0.05, 0) is 49.5 Å². The summed E-state index contributed by atoms with van der Waals surface area (Å²) in [7, 11) is 1.69. The zero-order valence-electron chi connectivity index (χ0n) is 16.5. The molecule has 1 aromatic rings. The molecular weight excluding hydrogens is 338 g/mol. The van der Waals surface area contributed by atoms with Crippen LogP contribution in [0.3, 0.4) is 0 Å². The fourth-order valence-electron chi connectivity index (χ4n) is 5.70. The van der Waals surface area contributed by atoms with Gasteiger partial charge in [0.05, 0.1) is 13.0 Å². The van der Waals surface area contributed by atoms with Crippen molar-refractivity contribution in [3.63, 3.8) is 0 Å². The van der Waals surface area contributed by atoms with Crippen LogP contribution in [0.5, 0.6) is 5.75 Å². The van der Waals surface area contributed by atoms with Crippen molar-refractivity contribution in [3.05, 3.63) is 42.0 Å². The van der Waals surface area contributed by atoms with E-state index in [0.29, 0.717) is 24.9 Å². The number of fused-ring (bicyclic) bond motifs is 2. The first-order valence-electron chi connectivity index (χ1n) is 10.2. The van der Waals surface area contributed by atoms with E-state index in [4.69, 9.17) is 9.47 Å². The minimum atomic E-state index is -0.0519. The first-order chi connectivity index (χ1) is 13.0. The average molecular weight is 370 g/mol. The summed E-state index contributed by atoms with van der Waals surface area (Å²) in [5.74, 6) is 1.66. The number of methoxy groups -OCH3 is 1. The minimum absolute atomic E-state index is 0.0228. The van der Waals surface area contributed by atoms with Crippen LogP contribution in [0.1, 0.15) is 44.6 Å².